The highest BCUT2D eigenvalue weighted by Gasteiger charge is 2.37. The third-order valence-corrected chi connectivity index (χ3v) is 5.50. The minimum atomic E-state index is -4.43. The van der Waals surface area contributed by atoms with Crippen molar-refractivity contribution in [1.29, 1.82) is 0 Å². The fourth-order valence-corrected chi connectivity index (χ4v) is 3.96. The number of likely N-dealkylation sites (tertiary alicyclic amines) is 1. The number of Topliss-reactive ketones (excluding diaryl/α,β-unsaturated/α-hetero) is 1. The van der Waals surface area contributed by atoms with Gasteiger partial charge in [0.2, 0.25) is 5.91 Å². The predicted molar refractivity (Wildman–Crippen MR) is 87.2 cm³/mol. The molecule has 1 saturated heterocycles. The fourth-order valence-electron chi connectivity index (χ4n) is 3.71. The van der Waals surface area contributed by atoms with E-state index in [9.17, 15) is 22.8 Å². The summed E-state index contributed by atoms with van der Waals surface area (Å²) in [6.07, 6.45) is -0.969. The number of carbonyl (C=O) groups is 2. The Morgan fingerprint density at radius 1 is 1.12 bits per heavy atom. The van der Waals surface area contributed by atoms with Crippen molar-refractivity contribution in [3.05, 3.63) is 34.3 Å². The lowest BCUT2D eigenvalue weighted by atomic mass is 9.93. The molecule has 1 heterocycles. The molecule has 0 N–H and O–H groups in total. The first-order valence-corrected chi connectivity index (χ1v) is 8.81. The summed E-state index contributed by atoms with van der Waals surface area (Å²) in [5, 5.41) is 0.0457. The number of ketones is 1. The van der Waals surface area contributed by atoms with Crippen LogP contribution in [0.3, 0.4) is 0 Å². The first-order valence-electron chi connectivity index (χ1n) is 8.43. The van der Waals surface area contributed by atoms with Crippen molar-refractivity contribution in [3.8, 4) is 0 Å². The Labute approximate surface area is 149 Å². The minimum absolute atomic E-state index is 0.0234. The smallest absolute Gasteiger partial charge is 0.339 e. The summed E-state index contributed by atoms with van der Waals surface area (Å²) in [6.45, 7) is 0.639. The number of benzene rings is 1. The number of rotatable bonds is 3. The third-order valence-electron chi connectivity index (χ3n) is 5.15. The molecule has 2 aliphatic rings. The first-order chi connectivity index (χ1) is 11.8. The van der Waals surface area contributed by atoms with Crippen LogP contribution in [0.15, 0.2) is 18.2 Å². The second kappa shape index (κ2) is 6.98. The van der Waals surface area contributed by atoms with E-state index in [4.69, 9.17) is 11.6 Å². The zero-order chi connectivity index (χ0) is 18.2. The molecule has 0 spiro atoms. The first kappa shape index (κ1) is 18.2. The molecule has 25 heavy (non-hydrogen) atoms. The van der Waals surface area contributed by atoms with Crippen molar-refractivity contribution in [3.63, 3.8) is 0 Å². The summed E-state index contributed by atoms with van der Waals surface area (Å²) in [4.78, 5) is 25.8. The van der Waals surface area contributed by atoms with Gasteiger partial charge in [0.05, 0.1) is 5.56 Å². The van der Waals surface area contributed by atoms with E-state index in [1.165, 1.54) is 6.07 Å². The molecule has 3 rings (SSSR count). The Balaban J connectivity index is 1.66. The zero-order valence-corrected chi connectivity index (χ0v) is 14.4. The monoisotopic (exact) mass is 373 g/mol. The molecule has 1 unspecified atom stereocenters. The lowest BCUT2D eigenvalue weighted by molar-refractivity contribution is -0.137. The van der Waals surface area contributed by atoms with Gasteiger partial charge in [-0.25, -0.2) is 0 Å². The van der Waals surface area contributed by atoms with Crippen LogP contribution in [0.1, 0.15) is 43.2 Å². The molecule has 2 fully saturated rings. The summed E-state index contributed by atoms with van der Waals surface area (Å²) >= 11 is 6.00. The van der Waals surface area contributed by atoms with Gasteiger partial charge in [-0.3, -0.25) is 9.59 Å². The number of hydrogen-bond donors (Lipinski definition) is 0. The van der Waals surface area contributed by atoms with Crippen LogP contribution in [-0.4, -0.2) is 29.2 Å². The normalized spacial score (nSPS) is 22.7. The maximum Gasteiger partial charge on any atom is 0.416 e. The average Bonchev–Trinajstić information content (AvgIpc) is 2.90. The molecule has 7 heteroatoms. The molecule has 1 saturated carbocycles. The summed E-state index contributed by atoms with van der Waals surface area (Å²) in [5.41, 5.74) is -0.221. The van der Waals surface area contributed by atoms with Crippen molar-refractivity contribution < 1.29 is 22.8 Å². The van der Waals surface area contributed by atoms with E-state index >= 15 is 0 Å². The highest BCUT2D eigenvalue weighted by molar-refractivity contribution is 6.31. The topological polar surface area (TPSA) is 37.4 Å². The molecular weight excluding hydrogens is 355 g/mol. The Morgan fingerprint density at radius 2 is 1.80 bits per heavy atom. The molecule has 1 aliphatic heterocycles. The Hall–Kier alpha value is -1.56. The van der Waals surface area contributed by atoms with Crippen LogP contribution in [0.4, 0.5) is 13.2 Å². The molecule has 1 aromatic carbocycles. The molecule has 3 nitrogen and oxygen atoms in total. The summed E-state index contributed by atoms with van der Waals surface area (Å²) in [6, 6.07) is 3.39. The van der Waals surface area contributed by atoms with Gasteiger partial charge >= 0.3 is 6.18 Å². The van der Waals surface area contributed by atoms with E-state index < -0.39 is 11.7 Å². The molecule has 1 atom stereocenters. The lowest BCUT2D eigenvalue weighted by Crippen LogP contribution is -2.40. The predicted octanol–water partition coefficient (Wildman–Crippen LogP) is 4.26. The van der Waals surface area contributed by atoms with Crippen molar-refractivity contribution in [2.45, 2.75) is 50.7 Å². The van der Waals surface area contributed by atoms with Gasteiger partial charge in [-0.2, -0.15) is 13.2 Å². The summed E-state index contributed by atoms with van der Waals surface area (Å²) in [5.74, 6) is 0.0122. The lowest BCUT2D eigenvalue weighted by Gasteiger charge is -2.30. The molecule has 0 bridgehead atoms. The summed E-state index contributed by atoms with van der Waals surface area (Å²) < 4.78 is 38.1. The SMILES string of the molecule is O=C1CCC(N2CCC(Cc3ccc(C(F)(F)F)cc3Cl)C2=O)CC1. The van der Waals surface area contributed by atoms with E-state index in [0.29, 0.717) is 50.6 Å². The van der Waals surface area contributed by atoms with E-state index in [0.717, 1.165) is 12.1 Å². The third kappa shape index (κ3) is 4.00. The Bertz CT molecular complexity index is 679. The number of halogens is 4. The van der Waals surface area contributed by atoms with Crippen LogP contribution >= 0.6 is 11.6 Å². The maximum atomic E-state index is 12.7. The van der Waals surface area contributed by atoms with Crippen LogP contribution < -0.4 is 0 Å². The van der Waals surface area contributed by atoms with Crippen molar-refractivity contribution >= 4 is 23.3 Å². The van der Waals surface area contributed by atoms with Crippen LogP contribution in [0.5, 0.6) is 0 Å². The van der Waals surface area contributed by atoms with Gasteiger partial charge in [-0.1, -0.05) is 17.7 Å². The number of alkyl halides is 3. The van der Waals surface area contributed by atoms with Gasteiger partial charge in [0, 0.05) is 36.4 Å². The van der Waals surface area contributed by atoms with Gasteiger partial charge in [0.15, 0.2) is 0 Å². The van der Waals surface area contributed by atoms with E-state index in [-0.39, 0.29) is 28.7 Å². The number of nitrogens with zero attached hydrogens (tertiary/aromatic N) is 1. The standard InChI is InChI=1S/C18H19ClF3NO2/c19-16-10-13(18(20,21)22)2-1-11(16)9-12-7-8-23(17(12)25)14-3-5-15(24)6-4-14/h1-2,10,12,14H,3-9H2. The zero-order valence-electron chi connectivity index (χ0n) is 13.6. The van der Waals surface area contributed by atoms with Gasteiger partial charge in [0.25, 0.3) is 0 Å². The maximum absolute atomic E-state index is 12.7. The average molecular weight is 374 g/mol. The molecule has 1 aromatic rings. The molecule has 136 valence electrons. The van der Waals surface area contributed by atoms with Crippen LogP contribution in [-0.2, 0) is 22.2 Å². The van der Waals surface area contributed by atoms with Crippen LogP contribution in [0.2, 0.25) is 5.02 Å². The molecule has 0 aromatic heterocycles. The second-order valence-corrected chi connectivity index (χ2v) is 7.20. The van der Waals surface area contributed by atoms with E-state index in [2.05, 4.69) is 0 Å². The van der Waals surface area contributed by atoms with Crippen molar-refractivity contribution in [2.24, 2.45) is 5.92 Å². The molecular formula is C18H19ClF3NO2. The molecule has 0 radical (unpaired) electrons. The second-order valence-electron chi connectivity index (χ2n) is 6.80. The summed E-state index contributed by atoms with van der Waals surface area (Å²) in [7, 11) is 0. The quantitative estimate of drug-likeness (QED) is 0.793. The number of hydrogen-bond acceptors (Lipinski definition) is 2. The van der Waals surface area contributed by atoms with E-state index in [1.54, 1.807) is 0 Å². The highest BCUT2D eigenvalue weighted by Crippen LogP contribution is 2.34. The number of carbonyl (C=O) groups excluding carboxylic acids is 2. The van der Waals surface area contributed by atoms with Gasteiger partial charge in [-0.05, 0) is 43.4 Å². The largest absolute Gasteiger partial charge is 0.416 e. The van der Waals surface area contributed by atoms with E-state index in [1.807, 2.05) is 4.90 Å². The van der Waals surface area contributed by atoms with Crippen molar-refractivity contribution in [2.75, 3.05) is 6.54 Å². The highest BCUT2D eigenvalue weighted by atomic mass is 35.5. The van der Waals surface area contributed by atoms with Gasteiger partial charge < -0.3 is 4.90 Å². The molecule has 1 amide bonds. The molecule has 1 aliphatic carbocycles. The Kier molecular flexibility index (Phi) is 5.09. The van der Waals surface area contributed by atoms with Gasteiger partial charge in [0.1, 0.15) is 5.78 Å². The fraction of sp³-hybridized carbons (Fsp3) is 0.556. The van der Waals surface area contributed by atoms with Gasteiger partial charge in [-0.15, -0.1) is 0 Å². The Morgan fingerprint density at radius 3 is 2.40 bits per heavy atom. The minimum Gasteiger partial charge on any atom is -0.339 e. The van der Waals surface area contributed by atoms with Crippen molar-refractivity contribution in [1.82, 2.24) is 4.90 Å². The number of amides is 1. The van der Waals surface area contributed by atoms with Crippen LogP contribution in [0.25, 0.3) is 0 Å². The van der Waals surface area contributed by atoms with Crippen LogP contribution in [0, 0.1) is 5.92 Å².